The van der Waals surface area contributed by atoms with E-state index in [2.05, 4.69) is 26.6 Å². The number of hydrogen-bond acceptors (Lipinski definition) is 1. The van der Waals surface area contributed by atoms with E-state index < -0.39 is 0 Å². The first-order chi connectivity index (χ1) is 9.29. The van der Waals surface area contributed by atoms with Crippen LogP contribution in [0.2, 0.25) is 0 Å². The van der Waals surface area contributed by atoms with Crippen molar-refractivity contribution in [3.63, 3.8) is 0 Å². The zero-order valence-electron chi connectivity index (χ0n) is 10.2. The van der Waals surface area contributed by atoms with Gasteiger partial charge in [-0.25, -0.2) is 0 Å². The summed E-state index contributed by atoms with van der Waals surface area (Å²) in [6.45, 7) is 0.785. The first kappa shape index (κ1) is 12.2. The summed E-state index contributed by atoms with van der Waals surface area (Å²) in [6.07, 6.45) is 2.93. The molecule has 2 aromatic carbocycles. The molecule has 1 heterocycles. The second-order valence-electron chi connectivity index (χ2n) is 4.43. The zero-order valence-corrected chi connectivity index (χ0v) is 11.8. The summed E-state index contributed by atoms with van der Waals surface area (Å²) in [6, 6.07) is 16.0. The van der Waals surface area contributed by atoms with Crippen LogP contribution in [0.15, 0.2) is 59.2 Å². The molecule has 3 rings (SSSR count). The Labute approximate surface area is 119 Å². The summed E-state index contributed by atoms with van der Waals surface area (Å²) in [5.41, 5.74) is 3.04. The van der Waals surface area contributed by atoms with E-state index in [9.17, 15) is 4.79 Å². The summed E-state index contributed by atoms with van der Waals surface area (Å²) in [4.78, 5) is 11.0. The summed E-state index contributed by atoms with van der Waals surface area (Å²) >= 11 is 3.56. The van der Waals surface area contributed by atoms with Crippen LogP contribution in [0.5, 0.6) is 0 Å². The van der Waals surface area contributed by atoms with E-state index in [1.54, 1.807) is 0 Å². The van der Waals surface area contributed by atoms with Crippen molar-refractivity contribution in [1.29, 1.82) is 0 Å². The Bertz CT molecular complexity index is 745. The number of nitrogens with zero attached hydrogens (tertiary/aromatic N) is 1. The second kappa shape index (κ2) is 5.02. The third-order valence-corrected chi connectivity index (χ3v) is 4.05. The van der Waals surface area contributed by atoms with E-state index in [-0.39, 0.29) is 0 Å². The average Bonchev–Trinajstić information content (AvgIpc) is 2.84. The Hall–Kier alpha value is -1.87. The number of fused-ring (bicyclic) bond motifs is 1. The van der Waals surface area contributed by atoms with Crippen molar-refractivity contribution in [3.05, 3.63) is 70.3 Å². The van der Waals surface area contributed by atoms with Crippen LogP contribution in [0.4, 0.5) is 0 Å². The molecule has 0 fully saturated rings. The van der Waals surface area contributed by atoms with Gasteiger partial charge in [0.15, 0.2) is 6.29 Å². The predicted octanol–water partition coefficient (Wildman–Crippen LogP) is 4.26. The van der Waals surface area contributed by atoms with Crippen LogP contribution in [0, 0.1) is 0 Å². The topological polar surface area (TPSA) is 22.0 Å². The van der Waals surface area contributed by atoms with E-state index >= 15 is 0 Å². The highest BCUT2D eigenvalue weighted by Gasteiger charge is 2.06. The molecule has 1 aromatic heterocycles. The van der Waals surface area contributed by atoms with Gasteiger partial charge in [-0.3, -0.25) is 4.79 Å². The van der Waals surface area contributed by atoms with Crippen molar-refractivity contribution in [3.8, 4) is 0 Å². The molecular formula is C16H12BrNO. The van der Waals surface area contributed by atoms with Gasteiger partial charge in [-0.15, -0.1) is 0 Å². The average molecular weight is 314 g/mol. The smallest absolute Gasteiger partial charge is 0.150 e. The van der Waals surface area contributed by atoms with E-state index in [1.165, 1.54) is 5.56 Å². The normalized spacial score (nSPS) is 10.8. The summed E-state index contributed by atoms with van der Waals surface area (Å²) in [5, 5.41) is 1.00. The van der Waals surface area contributed by atoms with Gasteiger partial charge in [0, 0.05) is 33.7 Å². The Morgan fingerprint density at radius 2 is 1.89 bits per heavy atom. The number of carbonyl (C=O) groups is 1. The predicted molar refractivity (Wildman–Crippen MR) is 80.6 cm³/mol. The van der Waals surface area contributed by atoms with Gasteiger partial charge in [-0.05, 0) is 23.8 Å². The van der Waals surface area contributed by atoms with Gasteiger partial charge in [0.25, 0.3) is 0 Å². The Morgan fingerprint density at radius 1 is 1.05 bits per heavy atom. The van der Waals surface area contributed by atoms with Gasteiger partial charge < -0.3 is 4.57 Å². The lowest BCUT2D eigenvalue weighted by Gasteiger charge is -2.08. The first-order valence-corrected chi connectivity index (χ1v) is 6.85. The molecule has 0 spiro atoms. The molecule has 0 atom stereocenters. The number of aldehydes is 1. The van der Waals surface area contributed by atoms with Crippen molar-refractivity contribution < 1.29 is 4.79 Å². The molecule has 0 aliphatic carbocycles. The van der Waals surface area contributed by atoms with Crippen LogP contribution in [0.1, 0.15) is 15.9 Å². The molecule has 2 nitrogen and oxygen atoms in total. The van der Waals surface area contributed by atoms with Gasteiger partial charge >= 0.3 is 0 Å². The Kier molecular flexibility index (Phi) is 3.22. The van der Waals surface area contributed by atoms with Crippen LogP contribution >= 0.6 is 15.9 Å². The fourth-order valence-corrected chi connectivity index (χ4v) is 2.71. The van der Waals surface area contributed by atoms with Crippen LogP contribution < -0.4 is 0 Å². The molecule has 0 saturated heterocycles. The maximum Gasteiger partial charge on any atom is 0.150 e. The van der Waals surface area contributed by atoms with Gasteiger partial charge in [-0.2, -0.15) is 0 Å². The Balaban J connectivity index is 2.07. The molecule has 0 aliphatic rings. The molecule has 0 unspecified atom stereocenters. The van der Waals surface area contributed by atoms with Gasteiger partial charge in [0.1, 0.15) is 0 Å². The molecule has 0 bridgehead atoms. The second-order valence-corrected chi connectivity index (χ2v) is 5.29. The fourth-order valence-electron chi connectivity index (χ4n) is 2.30. The first-order valence-electron chi connectivity index (χ1n) is 6.06. The van der Waals surface area contributed by atoms with Crippen molar-refractivity contribution in [2.24, 2.45) is 0 Å². The van der Waals surface area contributed by atoms with Crippen molar-refractivity contribution in [2.75, 3.05) is 0 Å². The lowest BCUT2D eigenvalue weighted by atomic mass is 10.1. The third-order valence-electron chi connectivity index (χ3n) is 3.27. The van der Waals surface area contributed by atoms with Crippen LogP contribution in [-0.4, -0.2) is 10.9 Å². The largest absolute Gasteiger partial charge is 0.343 e. The Morgan fingerprint density at radius 3 is 2.68 bits per heavy atom. The molecule has 0 amide bonds. The van der Waals surface area contributed by atoms with E-state index in [0.717, 1.165) is 33.8 Å². The molecule has 94 valence electrons. The molecule has 3 heteroatoms. The quantitative estimate of drug-likeness (QED) is 0.662. The van der Waals surface area contributed by atoms with Crippen LogP contribution in [0.25, 0.3) is 10.9 Å². The minimum atomic E-state index is 0.739. The number of rotatable bonds is 3. The maximum absolute atomic E-state index is 11.0. The van der Waals surface area contributed by atoms with Crippen LogP contribution in [0.3, 0.4) is 0 Å². The third kappa shape index (κ3) is 2.22. The zero-order chi connectivity index (χ0) is 13.2. The molecule has 3 aromatic rings. The molecule has 0 saturated carbocycles. The lowest BCUT2D eigenvalue weighted by molar-refractivity contribution is 0.112. The van der Waals surface area contributed by atoms with Crippen molar-refractivity contribution in [2.45, 2.75) is 6.54 Å². The molecular weight excluding hydrogens is 302 g/mol. The van der Waals surface area contributed by atoms with E-state index in [0.29, 0.717) is 0 Å². The highest BCUT2D eigenvalue weighted by Crippen LogP contribution is 2.22. The van der Waals surface area contributed by atoms with Crippen molar-refractivity contribution in [1.82, 2.24) is 4.57 Å². The standard InChI is InChI=1S/C16H12BrNO/c17-15-6-2-1-4-12(15)10-18-9-8-14-13(11-19)5-3-7-16(14)18/h1-9,11H,10H2. The van der Waals surface area contributed by atoms with Gasteiger partial charge in [-0.1, -0.05) is 46.3 Å². The van der Waals surface area contributed by atoms with E-state index in [4.69, 9.17) is 0 Å². The summed E-state index contributed by atoms with van der Waals surface area (Å²) in [5.74, 6) is 0. The fraction of sp³-hybridized carbons (Fsp3) is 0.0625. The number of aromatic nitrogens is 1. The minimum Gasteiger partial charge on any atom is -0.343 e. The van der Waals surface area contributed by atoms with E-state index in [1.807, 2.05) is 48.7 Å². The molecule has 0 radical (unpaired) electrons. The van der Waals surface area contributed by atoms with Gasteiger partial charge in [0.05, 0.1) is 0 Å². The van der Waals surface area contributed by atoms with Crippen molar-refractivity contribution >= 4 is 33.1 Å². The van der Waals surface area contributed by atoms with Gasteiger partial charge in [0.2, 0.25) is 0 Å². The highest BCUT2D eigenvalue weighted by molar-refractivity contribution is 9.10. The monoisotopic (exact) mass is 313 g/mol. The number of carbonyl (C=O) groups excluding carboxylic acids is 1. The number of halogens is 1. The SMILES string of the molecule is O=Cc1cccc2c1ccn2Cc1ccccc1Br. The molecule has 19 heavy (non-hydrogen) atoms. The highest BCUT2D eigenvalue weighted by atomic mass is 79.9. The number of hydrogen-bond donors (Lipinski definition) is 0. The number of benzene rings is 2. The summed E-state index contributed by atoms with van der Waals surface area (Å²) < 4.78 is 3.26. The summed E-state index contributed by atoms with van der Waals surface area (Å²) in [7, 11) is 0. The minimum absolute atomic E-state index is 0.739. The van der Waals surface area contributed by atoms with Crippen LogP contribution in [-0.2, 0) is 6.54 Å². The lowest BCUT2D eigenvalue weighted by Crippen LogP contribution is -1.98. The molecule has 0 N–H and O–H groups in total. The molecule has 0 aliphatic heterocycles. The maximum atomic E-state index is 11.0.